The topological polar surface area (TPSA) is 86.0 Å². The van der Waals surface area contributed by atoms with Crippen LogP contribution >= 0.6 is 11.8 Å². The first-order valence-electron chi connectivity index (χ1n) is 13.6. The van der Waals surface area contributed by atoms with Crippen LogP contribution in [0.15, 0.2) is 64.3 Å². The number of aromatic nitrogens is 3. The molecular formula is C30H31FN4O3S. The lowest BCUT2D eigenvalue weighted by atomic mass is 9.90. The molecule has 6 rings (SSSR count). The van der Waals surface area contributed by atoms with E-state index in [1.807, 2.05) is 48.2 Å². The van der Waals surface area contributed by atoms with Crippen LogP contribution in [-0.4, -0.2) is 37.6 Å². The molecule has 3 heterocycles. The Morgan fingerprint density at radius 1 is 0.923 bits per heavy atom. The standard InChI is InChI=1S/C30H31FN4O3S/c31-22-17-26-28(32-18-22)34(25-11-13-39-14-12-25)30(38)35(29(26)37)24-9-7-23(8-10-24)33-27(36)16-19-5-6-20-3-1-2-4-21(20)15-19/h1-6,15,17-18,23-25H,7-14,16H2,(H,33,36)/t23-,24+. The van der Waals surface area contributed by atoms with E-state index in [1.54, 1.807) is 4.57 Å². The van der Waals surface area contributed by atoms with Crippen LogP contribution in [0.4, 0.5) is 4.39 Å². The van der Waals surface area contributed by atoms with Crippen molar-refractivity contribution < 1.29 is 9.18 Å². The lowest BCUT2D eigenvalue weighted by molar-refractivity contribution is -0.121. The molecule has 0 radical (unpaired) electrons. The normalized spacial score (nSPS) is 20.3. The highest BCUT2D eigenvalue weighted by atomic mass is 32.2. The number of benzene rings is 2. The Morgan fingerprint density at radius 2 is 1.64 bits per heavy atom. The lowest BCUT2D eigenvalue weighted by Gasteiger charge is -2.31. The number of nitrogens with zero attached hydrogens (tertiary/aromatic N) is 3. The molecule has 7 nitrogen and oxygen atoms in total. The van der Waals surface area contributed by atoms with Crippen LogP contribution in [0.5, 0.6) is 0 Å². The molecule has 2 aromatic carbocycles. The first kappa shape index (κ1) is 25.8. The summed E-state index contributed by atoms with van der Waals surface area (Å²) in [5, 5.41) is 5.55. The highest BCUT2D eigenvalue weighted by Gasteiger charge is 2.29. The van der Waals surface area contributed by atoms with Crippen molar-refractivity contribution in [2.75, 3.05) is 11.5 Å². The number of carbonyl (C=O) groups excluding carboxylic acids is 1. The summed E-state index contributed by atoms with van der Waals surface area (Å²) in [6, 6.07) is 15.0. The maximum atomic E-state index is 14.1. The molecule has 1 aliphatic heterocycles. The van der Waals surface area contributed by atoms with Crippen molar-refractivity contribution in [2.24, 2.45) is 0 Å². The van der Waals surface area contributed by atoms with Crippen LogP contribution in [0.2, 0.25) is 0 Å². The lowest BCUT2D eigenvalue weighted by Crippen LogP contribution is -2.46. The van der Waals surface area contributed by atoms with Crippen molar-refractivity contribution in [3.8, 4) is 0 Å². The zero-order valence-electron chi connectivity index (χ0n) is 21.6. The van der Waals surface area contributed by atoms with Crippen molar-refractivity contribution in [1.29, 1.82) is 0 Å². The summed E-state index contributed by atoms with van der Waals surface area (Å²) in [5.74, 6) is 1.25. The molecule has 1 N–H and O–H groups in total. The first-order valence-corrected chi connectivity index (χ1v) is 14.8. The van der Waals surface area contributed by atoms with Crippen LogP contribution < -0.4 is 16.6 Å². The summed E-state index contributed by atoms with van der Waals surface area (Å²) in [7, 11) is 0. The minimum absolute atomic E-state index is 0.0120. The second-order valence-electron chi connectivity index (χ2n) is 10.6. The Morgan fingerprint density at radius 3 is 2.41 bits per heavy atom. The maximum absolute atomic E-state index is 14.1. The summed E-state index contributed by atoms with van der Waals surface area (Å²) < 4.78 is 17.1. The minimum atomic E-state index is -0.589. The fraction of sp³-hybridized carbons (Fsp3) is 0.400. The van der Waals surface area contributed by atoms with Gasteiger partial charge in [-0.15, -0.1) is 0 Å². The number of hydrogen-bond acceptors (Lipinski definition) is 5. The van der Waals surface area contributed by atoms with Crippen molar-refractivity contribution >= 4 is 39.5 Å². The van der Waals surface area contributed by atoms with E-state index in [0.717, 1.165) is 46.9 Å². The predicted molar refractivity (Wildman–Crippen MR) is 153 cm³/mol. The molecule has 0 atom stereocenters. The second-order valence-corrected chi connectivity index (χ2v) is 11.9. The summed E-state index contributed by atoms with van der Waals surface area (Å²) >= 11 is 1.85. The van der Waals surface area contributed by atoms with Gasteiger partial charge in [0, 0.05) is 18.1 Å². The third-order valence-electron chi connectivity index (χ3n) is 8.08. The number of halogens is 1. The van der Waals surface area contributed by atoms with Gasteiger partial charge in [0.15, 0.2) is 0 Å². The largest absolute Gasteiger partial charge is 0.353 e. The van der Waals surface area contributed by atoms with E-state index in [-0.39, 0.29) is 40.8 Å². The van der Waals surface area contributed by atoms with E-state index >= 15 is 0 Å². The fourth-order valence-electron chi connectivity index (χ4n) is 6.09. The Labute approximate surface area is 229 Å². The molecule has 39 heavy (non-hydrogen) atoms. The van der Waals surface area contributed by atoms with Crippen LogP contribution in [-0.2, 0) is 11.2 Å². The van der Waals surface area contributed by atoms with Crippen LogP contribution in [0.25, 0.3) is 21.8 Å². The smallest absolute Gasteiger partial charge is 0.333 e. The van der Waals surface area contributed by atoms with E-state index in [9.17, 15) is 18.8 Å². The van der Waals surface area contributed by atoms with Crippen LogP contribution in [0.3, 0.4) is 0 Å². The van der Waals surface area contributed by atoms with Gasteiger partial charge >= 0.3 is 5.69 Å². The second kappa shape index (κ2) is 11.0. The van der Waals surface area contributed by atoms with Crippen molar-refractivity contribution in [3.63, 3.8) is 0 Å². The molecule has 0 unspecified atom stereocenters. The van der Waals surface area contributed by atoms with Crippen LogP contribution in [0.1, 0.15) is 56.2 Å². The van der Waals surface area contributed by atoms with Gasteiger partial charge in [-0.05, 0) is 72.4 Å². The van der Waals surface area contributed by atoms with Crippen molar-refractivity contribution in [2.45, 2.75) is 63.1 Å². The van der Waals surface area contributed by atoms with E-state index in [2.05, 4.69) is 16.4 Å². The van der Waals surface area contributed by atoms with Gasteiger partial charge in [0.2, 0.25) is 5.91 Å². The molecule has 0 bridgehead atoms. The Balaban J connectivity index is 1.19. The number of rotatable bonds is 5. The van der Waals surface area contributed by atoms with Crippen molar-refractivity contribution in [3.05, 3.63) is 86.9 Å². The number of carbonyl (C=O) groups is 1. The number of pyridine rings is 1. The third kappa shape index (κ3) is 5.24. The van der Waals surface area contributed by atoms with Gasteiger partial charge < -0.3 is 5.32 Å². The molecule has 0 spiro atoms. The molecule has 1 amide bonds. The Kier molecular flexibility index (Phi) is 7.25. The van der Waals surface area contributed by atoms with Gasteiger partial charge in [-0.1, -0.05) is 42.5 Å². The quantitative estimate of drug-likeness (QED) is 0.390. The maximum Gasteiger partial charge on any atom is 0.333 e. The van der Waals surface area contributed by atoms with Gasteiger partial charge in [-0.3, -0.25) is 18.7 Å². The zero-order chi connectivity index (χ0) is 26.9. The molecule has 1 aliphatic carbocycles. The van der Waals surface area contributed by atoms with Gasteiger partial charge in [0.05, 0.1) is 18.0 Å². The molecule has 2 aliphatic rings. The van der Waals surface area contributed by atoms with Gasteiger partial charge in [-0.2, -0.15) is 11.8 Å². The molecular weight excluding hydrogens is 515 g/mol. The fourth-order valence-corrected chi connectivity index (χ4v) is 7.17. The van der Waals surface area contributed by atoms with Gasteiger partial charge in [0.1, 0.15) is 11.5 Å². The van der Waals surface area contributed by atoms with Gasteiger partial charge in [0.25, 0.3) is 5.56 Å². The highest BCUT2D eigenvalue weighted by molar-refractivity contribution is 7.99. The number of hydrogen-bond donors (Lipinski definition) is 1. The summed E-state index contributed by atoms with van der Waals surface area (Å²) in [4.78, 5) is 44.2. The SMILES string of the molecule is O=C(Cc1ccc2ccccc2c1)N[C@H]1CC[C@@H](n2c(=O)c3cc(F)cnc3n(C3CCSCC3)c2=O)CC1. The number of nitrogens with one attached hydrogen (secondary N) is 1. The first-order chi connectivity index (χ1) is 19.0. The van der Waals surface area contributed by atoms with E-state index in [1.165, 1.54) is 10.6 Å². The molecule has 1 saturated carbocycles. The van der Waals surface area contributed by atoms with Crippen molar-refractivity contribution in [1.82, 2.24) is 19.4 Å². The van der Waals surface area contributed by atoms with Gasteiger partial charge in [-0.25, -0.2) is 14.2 Å². The van der Waals surface area contributed by atoms with E-state index < -0.39 is 11.4 Å². The molecule has 202 valence electrons. The monoisotopic (exact) mass is 546 g/mol. The Hall–Kier alpha value is -3.46. The molecule has 2 aromatic heterocycles. The molecule has 9 heteroatoms. The summed E-state index contributed by atoms with van der Waals surface area (Å²) in [6.07, 6.45) is 5.51. The summed E-state index contributed by atoms with van der Waals surface area (Å²) in [5.41, 5.74) is 0.402. The minimum Gasteiger partial charge on any atom is -0.353 e. The highest BCUT2D eigenvalue weighted by Crippen LogP contribution is 2.30. The third-order valence-corrected chi connectivity index (χ3v) is 9.13. The molecule has 1 saturated heterocycles. The predicted octanol–water partition coefficient (Wildman–Crippen LogP) is 4.76. The number of amides is 1. The summed E-state index contributed by atoms with van der Waals surface area (Å²) in [6.45, 7) is 0. The Bertz CT molecular complexity index is 1650. The van der Waals surface area contributed by atoms with E-state index in [0.29, 0.717) is 32.1 Å². The van der Waals surface area contributed by atoms with E-state index in [4.69, 9.17) is 0 Å². The molecule has 4 aromatic rings. The molecule has 2 fully saturated rings. The number of fused-ring (bicyclic) bond motifs is 2. The average molecular weight is 547 g/mol. The zero-order valence-corrected chi connectivity index (χ0v) is 22.5. The average Bonchev–Trinajstić information content (AvgIpc) is 2.95. The number of thioether (sulfide) groups is 1. The van der Waals surface area contributed by atoms with Crippen LogP contribution in [0, 0.1) is 5.82 Å².